The van der Waals surface area contributed by atoms with Gasteiger partial charge in [0.2, 0.25) is 5.88 Å². The van der Waals surface area contributed by atoms with Crippen molar-refractivity contribution in [2.24, 2.45) is 4.99 Å². The third-order valence-corrected chi connectivity index (χ3v) is 6.02. The number of phenols is 1. The summed E-state index contributed by atoms with van der Waals surface area (Å²) in [5.74, 6) is 0.385. The second-order valence-electron chi connectivity index (χ2n) is 8.41. The van der Waals surface area contributed by atoms with E-state index in [-0.39, 0.29) is 18.0 Å². The van der Waals surface area contributed by atoms with Crippen LogP contribution in [0.2, 0.25) is 0 Å². The molecule has 5 rings (SSSR count). The van der Waals surface area contributed by atoms with Crippen LogP contribution in [0.1, 0.15) is 11.1 Å². The lowest BCUT2D eigenvalue weighted by Crippen LogP contribution is -2.21. The largest absolute Gasteiger partial charge is 0.504 e. The van der Waals surface area contributed by atoms with Crippen LogP contribution in [0.15, 0.2) is 90.1 Å². The summed E-state index contributed by atoms with van der Waals surface area (Å²) in [5, 5.41) is 14.1. The maximum Gasteiger partial charge on any atom is 0.412 e. The van der Waals surface area contributed by atoms with Gasteiger partial charge in [-0.3, -0.25) is 10.3 Å². The van der Waals surface area contributed by atoms with Crippen molar-refractivity contribution >= 4 is 29.4 Å². The Balaban J connectivity index is 1.54. The van der Waals surface area contributed by atoms with Crippen LogP contribution in [-0.4, -0.2) is 42.6 Å². The van der Waals surface area contributed by atoms with Crippen molar-refractivity contribution in [1.29, 1.82) is 0 Å². The number of fused-ring (bicyclic) bond motifs is 1. The highest BCUT2D eigenvalue weighted by Gasteiger charge is 2.22. The number of benzene rings is 3. The number of nitrogens with one attached hydrogen (secondary N) is 1. The van der Waals surface area contributed by atoms with Gasteiger partial charge in [-0.15, -0.1) is 0 Å². The van der Waals surface area contributed by atoms with Crippen molar-refractivity contribution in [2.75, 3.05) is 30.4 Å². The first-order valence-electron chi connectivity index (χ1n) is 11.8. The Morgan fingerprint density at radius 1 is 1.00 bits per heavy atom. The van der Waals surface area contributed by atoms with E-state index in [4.69, 9.17) is 9.47 Å². The molecule has 1 aliphatic heterocycles. The summed E-state index contributed by atoms with van der Waals surface area (Å²) in [5.41, 5.74) is 5.03. The minimum Gasteiger partial charge on any atom is -0.504 e. The molecule has 2 N–H and O–H groups in total. The van der Waals surface area contributed by atoms with E-state index < -0.39 is 6.09 Å². The van der Waals surface area contributed by atoms with E-state index in [1.54, 1.807) is 25.4 Å². The van der Waals surface area contributed by atoms with E-state index in [0.29, 0.717) is 24.7 Å². The Kier molecular flexibility index (Phi) is 6.98. The Hall–Kier alpha value is -4.85. The molecule has 1 aromatic heterocycles. The number of aromatic hydroxyl groups is 1. The van der Waals surface area contributed by atoms with Crippen LogP contribution in [0.5, 0.6) is 11.6 Å². The number of benzodiazepines with no additional fused rings is 1. The zero-order chi connectivity index (χ0) is 25.6. The van der Waals surface area contributed by atoms with Gasteiger partial charge < -0.3 is 19.5 Å². The Bertz CT molecular complexity index is 1440. The van der Waals surface area contributed by atoms with Gasteiger partial charge in [0.25, 0.3) is 0 Å². The van der Waals surface area contributed by atoms with Gasteiger partial charge in [0, 0.05) is 30.6 Å². The number of hydrogen-bond acceptors (Lipinski definition) is 7. The highest BCUT2D eigenvalue weighted by molar-refractivity contribution is 5.95. The number of amides is 1. The number of methoxy groups -OCH3 is 1. The summed E-state index contributed by atoms with van der Waals surface area (Å²) < 4.78 is 10.7. The van der Waals surface area contributed by atoms with Gasteiger partial charge in [-0.2, -0.15) is 0 Å². The van der Waals surface area contributed by atoms with Crippen molar-refractivity contribution in [3.63, 3.8) is 0 Å². The molecule has 0 aliphatic carbocycles. The quantitative estimate of drug-likeness (QED) is 0.330. The van der Waals surface area contributed by atoms with Gasteiger partial charge in [0.05, 0.1) is 30.7 Å². The summed E-state index contributed by atoms with van der Waals surface area (Å²) >= 11 is 0. The first kappa shape index (κ1) is 23.9. The standard InChI is InChI=1S/C29H26N4O4/c1-36-27-17-21(11-12-31-27)23-15-24(32-29(35)37-19-20-7-3-2-4-8-20)28(34)26(16-23)33-14-13-30-18-22-9-5-6-10-25(22)33/h2-12,15-18,34H,13-14,19H2,1H3,(H,32,35). The average Bonchev–Trinajstić information content (AvgIpc) is 3.16. The lowest BCUT2D eigenvalue weighted by molar-refractivity contribution is 0.155. The predicted octanol–water partition coefficient (Wildman–Crippen LogP) is 5.78. The lowest BCUT2D eigenvalue weighted by atomic mass is 10.0. The number of rotatable bonds is 6. The van der Waals surface area contributed by atoms with Gasteiger partial charge in [0.1, 0.15) is 6.61 Å². The van der Waals surface area contributed by atoms with Crippen LogP contribution >= 0.6 is 0 Å². The summed E-state index contributed by atoms with van der Waals surface area (Å²) in [6, 6.07) is 24.5. The molecule has 1 aliphatic rings. The number of aliphatic imine (C=N–C) groups is 1. The third-order valence-electron chi connectivity index (χ3n) is 6.02. The lowest BCUT2D eigenvalue weighted by Gasteiger charge is -2.27. The van der Waals surface area contributed by atoms with Gasteiger partial charge >= 0.3 is 6.09 Å². The number of pyridine rings is 1. The predicted molar refractivity (Wildman–Crippen MR) is 144 cm³/mol. The zero-order valence-electron chi connectivity index (χ0n) is 20.3. The molecule has 4 aromatic rings. The number of carbonyl (C=O) groups is 1. The number of nitrogens with zero attached hydrogens (tertiary/aromatic N) is 3. The van der Waals surface area contributed by atoms with E-state index in [1.165, 1.54) is 0 Å². The van der Waals surface area contributed by atoms with Gasteiger partial charge in [-0.25, -0.2) is 9.78 Å². The average molecular weight is 495 g/mol. The van der Waals surface area contributed by atoms with Gasteiger partial charge in [-0.05, 0) is 41.0 Å². The molecule has 0 spiro atoms. The highest BCUT2D eigenvalue weighted by atomic mass is 16.5. The Labute approximate surface area is 214 Å². The Morgan fingerprint density at radius 2 is 1.81 bits per heavy atom. The van der Waals surface area contributed by atoms with E-state index in [2.05, 4.69) is 15.3 Å². The fraction of sp³-hybridized carbons (Fsp3) is 0.138. The molecular weight excluding hydrogens is 468 g/mol. The molecule has 186 valence electrons. The van der Waals surface area contributed by atoms with Gasteiger partial charge in [-0.1, -0.05) is 48.5 Å². The molecule has 0 saturated heterocycles. The summed E-state index contributed by atoms with van der Waals surface area (Å²) in [6.07, 6.45) is 2.82. The summed E-state index contributed by atoms with van der Waals surface area (Å²) in [4.78, 5) is 23.4. The summed E-state index contributed by atoms with van der Waals surface area (Å²) in [6.45, 7) is 1.20. The van der Waals surface area contributed by atoms with E-state index in [9.17, 15) is 9.90 Å². The van der Waals surface area contributed by atoms with E-state index in [1.807, 2.05) is 77.8 Å². The number of ether oxygens (including phenoxy) is 2. The molecule has 8 nitrogen and oxygen atoms in total. The molecule has 2 heterocycles. The Morgan fingerprint density at radius 3 is 2.65 bits per heavy atom. The van der Waals surface area contributed by atoms with Crippen molar-refractivity contribution in [3.05, 3.63) is 96.2 Å². The summed E-state index contributed by atoms with van der Waals surface area (Å²) in [7, 11) is 1.55. The van der Waals surface area contributed by atoms with Crippen molar-refractivity contribution < 1.29 is 19.4 Å². The minimum atomic E-state index is -0.672. The number of hydrogen-bond donors (Lipinski definition) is 2. The normalized spacial score (nSPS) is 12.4. The third kappa shape index (κ3) is 5.38. The second kappa shape index (κ2) is 10.8. The number of aromatic nitrogens is 1. The molecule has 0 bridgehead atoms. The van der Waals surface area contributed by atoms with Crippen molar-refractivity contribution in [3.8, 4) is 22.8 Å². The maximum atomic E-state index is 12.7. The molecule has 0 fully saturated rings. The van der Waals surface area contributed by atoms with Gasteiger partial charge in [0.15, 0.2) is 5.75 Å². The minimum absolute atomic E-state index is 0.0712. The highest BCUT2D eigenvalue weighted by Crippen LogP contribution is 2.43. The zero-order valence-corrected chi connectivity index (χ0v) is 20.3. The smallest absolute Gasteiger partial charge is 0.412 e. The molecular formula is C29H26N4O4. The number of anilines is 3. The van der Waals surface area contributed by atoms with Crippen molar-refractivity contribution in [1.82, 2.24) is 4.98 Å². The molecule has 0 unspecified atom stereocenters. The molecule has 0 atom stereocenters. The SMILES string of the molecule is COc1cc(-c2cc(NC(=O)OCc3ccccc3)c(O)c(N3CCN=Cc4ccccc43)c2)ccn1. The molecule has 8 heteroatoms. The van der Waals surface area contributed by atoms with Crippen LogP contribution in [0.4, 0.5) is 21.9 Å². The molecule has 1 amide bonds. The fourth-order valence-corrected chi connectivity index (χ4v) is 4.19. The first-order chi connectivity index (χ1) is 18.1. The van der Waals surface area contributed by atoms with Crippen LogP contribution < -0.4 is 15.0 Å². The van der Waals surface area contributed by atoms with Crippen molar-refractivity contribution in [2.45, 2.75) is 6.61 Å². The number of carbonyl (C=O) groups excluding carboxylic acids is 1. The number of phenolic OH excluding ortho intramolecular Hbond substituents is 1. The van der Waals surface area contributed by atoms with E-state index in [0.717, 1.165) is 27.9 Å². The van der Waals surface area contributed by atoms with Crippen LogP contribution in [0.25, 0.3) is 11.1 Å². The van der Waals surface area contributed by atoms with Crippen LogP contribution in [0.3, 0.4) is 0 Å². The second-order valence-corrected chi connectivity index (χ2v) is 8.41. The molecule has 3 aromatic carbocycles. The monoisotopic (exact) mass is 494 g/mol. The molecule has 37 heavy (non-hydrogen) atoms. The fourth-order valence-electron chi connectivity index (χ4n) is 4.19. The van der Waals surface area contributed by atoms with Crippen LogP contribution in [0, 0.1) is 0 Å². The molecule has 0 radical (unpaired) electrons. The van der Waals surface area contributed by atoms with Crippen LogP contribution in [-0.2, 0) is 11.3 Å². The van der Waals surface area contributed by atoms with E-state index >= 15 is 0 Å². The maximum absolute atomic E-state index is 12.7. The number of para-hydroxylation sites is 1. The first-order valence-corrected chi connectivity index (χ1v) is 11.8. The topological polar surface area (TPSA) is 96.3 Å². The molecule has 0 saturated carbocycles.